The van der Waals surface area contributed by atoms with E-state index in [2.05, 4.69) is 64.6 Å². The molecular weight excluding hydrogens is 392 g/mol. The van der Waals surface area contributed by atoms with E-state index in [0.717, 1.165) is 44.4 Å². The molecule has 0 radical (unpaired) electrons. The molecule has 2 aliphatic heterocycles. The average molecular weight is 425 g/mol. The topological polar surface area (TPSA) is 56.3 Å². The first kappa shape index (κ1) is 20.8. The molecule has 7 heteroatoms. The largest absolute Gasteiger partial charge is 0.362 e. The summed E-state index contributed by atoms with van der Waals surface area (Å²) in [7, 11) is 0. The van der Waals surface area contributed by atoms with Gasteiger partial charge in [0.25, 0.3) is 0 Å². The number of aromatic nitrogens is 2. The van der Waals surface area contributed by atoms with Crippen molar-refractivity contribution in [1.29, 1.82) is 0 Å². The Morgan fingerprint density at radius 3 is 2.17 bits per heavy atom. The highest BCUT2D eigenvalue weighted by Crippen LogP contribution is 2.30. The fourth-order valence-corrected chi connectivity index (χ4v) is 4.21. The van der Waals surface area contributed by atoms with Crippen LogP contribution in [-0.4, -0.2) is 34.7 Å². The molecule has 1 fully saturated rings. The molecule has 1 saturated heterocycles. The fraction of sp³-hybridized carbons (Fsp3) is 0.522. The first-order valence-electron chi connectivity index (χ1n) is 11.1. The zero-order valence-electron chi connectivity index (χ0n) is 18.0. The molecule has 1 aromatic heterocycles. The summed E-state index contributed by atoms with van der Waals surface area (Å²) in [6, 6.07) is 10.8. The van der Waals surface area contributed by atoms with E-state index in [1.54, 1.807) is 0 Å². The first-order chi connectivity index (χ1) is 14.6. The number of nitrogens with one attached hydrogen (secondary N) is 2. The summed E-state index contributed by atoms with van der Waals surface area (Å²) in [4.78, 5) is 14.4. The van der Waals surface area contributed by atoms with Crippen molar-refractivity contribution in [3.8, 4) is 0 Å². The van der Waals surface area contributed by atoms with Gasteiger partial charge in [-0.05, 0) is 42.1 Å². The van der Waals surface area contributed by atoms with Gasteiger partial charge in [-0.3, -0.25) is 0 Å². The Morgan fingerprint density at radius 2 is 1.57 bits per heavy atom. The monoisotopic (exact) mass is 424 g/mol. The van der Waals surface area contributed by atoms with Gasteiger partial charge in [-0.1, -0.05) is 51.0 Å². The van der Waals surface area contributed by atoms with Crippen LogP contribution in [0.25, 0.3) is 0 Å². The molecular formula is C23H32N6S. The van der Waals surface area contributed by atoms with Gasteiger partial charge in [0, 0.05) is 38.8 Å². The third-order valence-corrected chi connectivity index (χ3v) is 5.94. The van der Waals surface area contributed by atoms with Gasteiger partial charge in [-0.2, -0.15) is 9.97 Å². The van der Waals surface area contributed by atoms with E-state index in [4.69, 9.17) is 22.2 Å². The molecule has 0 unspecified atom stereocenters. The molecule has 0 atom stereocenters. The van der Waals surface area contributed by atoms with Crippen LogP contribution in [0.5, 0.6) is 0 Å². The van der Waals surface area contributed by atoms with Crippen molar-refractivity contribution in [3.05, 3.63) is 41.5 Å². The van der Waals surface area contributed by atoms with Crippen LogP contribution in [0.3, 0.4) is 0 Å². The summed E-state index contributed by atoms with van der Waals surface area (Å²) in [6.45, 7) is 9.00. The Labute approximate surface area is 185 Å². The smallest absolute Gasteiger partial charge is 0.232 e. The van der Waals surface area contributed by atoms with Gasteiger partial charge in [0.05, 0.1) is 0 Å². The van der Waals surface area contributed by atoms with Crippen molar-refractivity contribution >= 4 is 34.9 Å². The van der Waals surface area contributed by atoms with Crippen molar-refractivity contribution in [3.63, 3.8) is 0 Å². The number of rotatable bonds is 5. The number of nitrogens with zero attached hydrogens (tertiary/aromatic N) is 4. The van der Waals surface area contributed by atoms with E-state index in [-0.39, 0.29) is 0 Å². The first-order valence-corrected chi connectivity index (χ1v) is 11.5. The van der Waals surface area contributed by atoms with Crippen LogP contribution in [0.4, 0.5) is 17.6 Å². The van der Waals surface area contributed by atoms with E-state index in [1.807, 2.05) is 0 Å². The molecule has 6 nitrogen and oxygen atoms in total. The van der Waals surface area contributed by atoms with Gasteiger partial charge < -0.3 is 20.4 Å². The quantitative estimate of drug-likeness (QED) is 0.693. The van der Waals surface area contributed by atoms with Crippen LogP contribution in [0.15, 0.2) is 30.3 Å². The lowest BCUT2D eigenvalue weighted by Crippen LogP contribution is -2.33. The molecule has 0 saturated carbocycles. The number of fused-ring (bicyclic) bond motifs is 1. The van der Waals surface area contributed by atoms with Crippen LogP contribution in [0, 0.1) is 5.92 Å². The summed E-state index contributed by atoms with van der Waals surface area (Å²) in [5, 5.41) is 7.05. The summed E-state index contributed by atoms with van der Waals surface area (Å²) in [6.07, 6.45) is 5.02. The van der Waals surface area contributed by atoms with Crippen LogP contribution < -0.4 is 20.4 Å². The van der Waals surface area contributed by atoms with E-state index in [9.17, 15) is 0 Å². The SMILES string of the molecule is CC(C)CNC(=S)Nc1nc(N2CCCCCC2)cc(N2Cc3ccccc3C2)n1. The van der Waals surface area contributed by atoms with Gasteiger partial charge in [-0.25, -0.2) is 0 Å². The second-order valence-corrected chi connectivity index (χ2v) is 9.07. The molecule has 1 aromatic carbocycles. The molecule has 0 bridgehead atoms. The normalized spacial score (nSPS) is 16.4. The molecule has 2 aromatic rings. The minimum absolute atomic E-state index is 0.521. The Kier molecular flexibility index (Phi) is 6.67. The summed E-state index contributed by atoms with van der Waals surface area (Å²) >= 11 is 5.48. The van der Waals surface area contributed by atoms with Crippen LogP contribution in [-0.2, 0) is 13.1 Å². The minimum Gasteiger partial charge on any atom is -0.362 e. The highest BCUT2D eigenvalue weighted by atomic mass is 32.1. The maximum Gasteiger partial charge on any atom is 0.232 e. The second kappa shape index (κ2) is 9.60. The number of anilines is 3. The van der Waals surface area contributed by atoms with E-state index >= 15 is 0 Å². The maximum absolute atomic E-state index is 5.48. The Bertz CT molecular complexity index is 851. The van der Waals surface area contributed by atoms with Gasteiger partial charge in [0.1, 0.15) is 11.6 Å². The zero-order chi connectivity index (χ0) is 20.9. The fourth-order valence-electron chi connectivity index (χ4n) is 4.04. The second-order valence-electron chi connectivity index (χ2n) is 8.66. The van der Waals surface area contributed by atoms with Crippen molar-refractivity contribution in [2.24, 2.45) is 5.92 Å². The number of thiocarbonyl (C=S) groups is 1. The predicted octanol–water partition coefficient (Wildman–Crippen LogP) is 4.32. The summed E-state index contributed by atoms with van der Waals surface area (Å²) < 4.78 is 0. The standard InChI is InChI=1S/C23H32N6S/c1-17(2)14-24-23(30)27-22-25-20(28-11-7-3-4-8-12-28)13-21(26-22)29-15-18-9-5-6-10-19(18)16-29/h5-6,9-10,13,17H,3-4,7-8,11-12,14-16H2,1-2H3,(H2,24,25,26,27,30). The summed E-state index contributed by atoms with van der Waals surface area (Å²) in [5.74, 6) is 3.04. The van der Waals surface area contributed by atoms with Gasteiger partial charge in [-0.15, -0.1) is 0 Å². The highest BCUT2D eigenvalue weighted by molar-refractivity contribution is 7.80. The van der Waals surface area contributed by atoms with Crippen LogP contribution in [0.1, 0.15) is 50.7 Å². The van der Waals surface area contributed by atoms with Crippen molar-refractivity contribution in [2.75, 3.05) is 34.8 Å². The maximum atomic E-state index is 5.48. The lowest BCUT2D eigenvalue weighted by Gasteiger charge is -2.25. The molecule has 2 N–H and O–H groups in total. The third kappa shape index (κ3) is 5.19. The Hall–Kier alpha value is -2.41. The van der Waals surface area contributed by atoms with Gasteiger partial charge in [0.2, 0.25) is 5.95 Å². The third-order valence-electron chi connectivity index (χ3n) is 5.69. The lowest BCUT2D eigenvalue weighted by molar-refractivity contribution is 0.627. The number of hydrogen-bond acceptors (Lipinski definition) is 5. The summed E-state index contributed by atoms with van der Waals surface area (Å²) in [5.41, 5.74) is 2.74. The van der Waals surface area contributed by atoms with E-state index in [1.165, 1.54) is 36.8 Å². The molecule has 30 heavy (non-hydrogen) atoms. The predicted molar refractivity (Wildman–Crippen MR) is 128 cm³/mol. The molecule has 160 valence electrons. The van der Waals surface area contributed by atoms with Crippen LogP contribution >= 0.6 is 12.2 Å². The molecule has 0 spiro atoms. The molecule has 3 heterocycles. The van der Waals surface area contributed by atoms with Crippen molar-refractivity contribution in [2.45, 2.75) is 52.6 Å². The Balaban J connectivity index is 1.58. The number of benzene rings is 1. The lowest BCUT2D eigenvalue weighted by atomic mass is 10.1. The molecule has 0 amide bonds. The van der Waals surface area contributed by atoms with Crippen molar-refractivity contribution < 1.29 is 0 Å². The van der Waals surface area contributed by atoms with Gasteiger partial charge >= 0.3 is 0 Å². The van der Waals surface area contributed by atoms with Crippen LogP contribution in [0.2, 0.25) is 0 Å². The molecule has 0 aliphatic carbocycles. The van der Waals surface area contributed by atoms with Gasteiger partial charge in [0.15, 0.2) is 5.11 Å². The average Bonchev–Trinajstić information content (AvgIpc) is 2.98. The van der Waals surface area contributed by atoms with E-state index in [0.29, 0.717) is 17.0 Å². The number of hydrogen-bond donors (Lipinski definition) is 2. The molecule has 4 rings (SSSR count). The minimum atomic E-state index is 0.521. The molecule has 2 aliphatic rings. The van der Waals surface area contributed by atoms with E-state index < -0.39 is 0 Å². The zero-order valence-corrected chi connectivity index (χ0v) is 18.8. The Morgan fingerprint density at radius 1 is 0.967 bits per heavy atom. The highest BCUT2D eigenvalue weighted by Gasteiger charge is 2.22. The van der Waals surface area contributed by atoms with Crippen molar-refractivity contribution in [1.82, 2.24) is 15.3 Å².